The van der Waals surface area contributed by atoms with Crippen LogP contribution in [0.3, 0.4) is 0 Å². The molecule has 4 nitrogen and oxygen atoms in total. The molecule has 0 aliphatic carbocycles. The summed E-state index contributed by atoms with van der Waals surface area (Å²) in [6.45, 7) is 3.54. The van der Waals surface area contributed by atoms with Crippen LogP contribution in [0.4, 0.5) is 15.8 Å². The third-order valence-corrected chi connectivity index (χ3v) is 5.47. The van der Waals surface area contributed by atoms with Gasteiger partial charge >= 0.3 is 0 Å². The van der Waals surface area contributed by atoms with E-state index in [0.29, 0.717) is 15.8 Å². The third-order valence-electron chi connectivity index (χ3n) is 4.91. The van der Waals surface area contributed by atoms with Crippen LogP contribution in [-0.4, -0.2) is 32.5 Å². The molecule has 0 spiro atoms. The highest BCUT2D eigenvalue weighted by molar-refractivity contribution is 6.37. The molecule has 0 N–H and O–H groups in total. The average molecular weight is 459 g/mol. The normalized spacial score (nSPS) is 14.2. The van der Waals surface area contributed by atoms with Gasteiger partial charge in [0.2, 0.25) is 0 Å². The molecule has 1 saturated heterocycles. The van der Waals surface area contributed by atoms with E-state index in [9.17, 15) is 4.39 Å². The molecule has 0 aromatic heterocycles. The number of nitrogens with zero attached hydrogens (tertiary/aromatic N) is 2. The highest BCUT2D eigenvalue weighted by atomic mass is 35.5. The predicted molar refractivity (Wildman–Crippen MR) is 124 cm³/mol. The first kappa shape index (κ1) is 21.6. The first-order valence-corrected chi connectivity index (χ1v) is 10.7. The van der Waals surface area contributed by atoms with Crippen LogP contribution >= 0.6 is 23.2 Å². The topological polar surface area (TPSA) is 34.1 Å². The van der Waals surface area contributed by atoms with Crippen molar-refractivity contribution in [2.45, 2.75) is 6.61 Å². The van der Waals surface area contributed by atoms with Gasteiger partial charge in [-0.1, -0.05) is 35.3 Å². The molecule has 3 aromatic carbocycles. The number of anilines is 1. The second-order valence-electron chi connectivity index (χ2n) is 7.10. The molecule has 1 aliphatic rings. The monoisotopic (exact) mass is 458 g/mol. The molecule has 0 bridgehead atoms. The minimum absolute atomic E-state index is 0.239. The zero-order valence-electron chi connectivity index (χ0n) is 16.7. The van der Waals surface area contributed by atoms with Crippen LogP contribution in [0.1, 0.15) is 11.1 Å². The van der Waals surface area contributed by atoms with Gasteiger partial charge in [0.15, 0.2) is 5.75 Å². The van der Waals surface area contributed by atoms with E-state index in [2.05, 4.69) is 22.0 Å². The van der Waals surface area contributed by atoms with Crippen LogP contribution < -0.4 is 9.64 Å². The van der Waals surface area contributed by atoms with Gasteiger partial charge in [-0.15, -0.1) is 0 Å². The number of rotatable bonds is 6. The van der Waals surface area contributed by atoms with Gasteiger partial charge in [0, 0.05) is 25.0 Å². The number of hydrogen-bond acceptors (Lipinski definition) is 4. The van der Waals surface area contributed by atoms with Crippen molar-refractivity contribution in [1.82, 2.24) is 0 Å². The molecule has 1 heterocycles. The maximum atomic E-state index is 13.0. The van der Waals surface area contributed by atoms with Crippen LogP contribution in [0.15, 0.2) is 65.7 Å². The van der Waals surface area contributed by atoms with E-state index < -0.39 is 0 Å². The lowest BCUT2D eigenvalue weighted by Gasteiger charge is -2.28. The lowest BCUT2D eigenvalue weighted by molar-refractivity contribution is 0.122. The maximum Gasteiger partial charge on any atom is 0.157 e. The second-order valence-corrected chi connectivity index (χ2v) is 7.92. The van der Waals surface area contributed by atoms with Gasteiger partial charge in [0.05, 0.1) is 28.9 Å². The summed E-state index contributed by atoms with van der Waals surface area (Å²) in [5.74, 6) is 0.0962. The summed E-state index contributed by atoms with van der Waals surface area (Å²) in [7, 11) is 0. The van der Waals surface area contributed by atoms with Gasteiger partial charge in [-0.3, -0.25) is 4.99 Å². The Morgan fingerprint density at radius 3 is 2.26 bits per heavy atom. The summed E-state index contributed by atoms with van der Waals surface area (Å²) < 4.78 is 24.2. The van der Waals surface area contributed by atoms with E-state index in [0.717, 1.165) is 48.8 Å². The summed E-state index contributed by atoms with van der Waals surface area (Å²) in [6.07, 6.45) is 1.71. The fourth-order valence-electron chi connectivity index (χ4n) is 3.25. The Morgan fingerprint density at radius 1 is 0.968 bits per heavy atom. The van der Waals surface area contributed by atoms with Crippen LogP contribution in [0.2, 0.25) is 10.0 Å². The van der Waals surface area contributed by atoms with Crippen molar-refractivity contribution in [2.24, 2.45) is 4.99 Å². The fourth-order valence-corrected chi connectivity index (χ4v) is 3.86. The lowest BCUT2D eigenvalue weighted by atomic mass is 10.2. The standard InChI is InChI=1S/C24H21Cl2FN2O2/c25-22-13-18(14-23(26)24(22)31-16-17-1-3-19(27)4-2-17)15-28-20-5-7-21(8-6-20)29-9-11-30-12-10-29/h1-8,13-15H,9-12,16H2. The molecule has 0 atom stereocenters. The number of aliphatic imine (C=N–C) groups is 1. The third kappa shape index (κ3) is 5.76. The quantitative estimate of drug-likeness (QED) is 0.406. The van der Waals surface area contributed by atoms with Crippen molar-refractivity contribution < 1.29 is 13.9 Å². The van der Waals surface area contributed by atoms with Gasteiger partial charge in [-0.25, -0.2) is 4.39 Å². The zero-order chi connectivity index (χ0) is 21.6. The zero-order valence-corrected chi connectivity index (χ0v) is 18.2. The molecule has 0 saturated carbocycles. The van der Waals surface area contributed by atoms with E-state index >= 15 is 0 Å². The Labute approximate surface area is 190 Å². The molecular weight excluding hydrogens is 438 g/mol. The Kier molecular flexibility index (Phi) is 7.07. The van der Waals surface area contributed by atoms with E-state index in [1.807, 2.05) is 12.1 Å². The first-order chi connectivity index (χ1) is 15.1. The van der Waals surface area contributed by atoms with E-state index in [1.165, 1.54) is 12.1 Å². The summed E-state index contributed by atoms with van der Waals surface area (Å²) in [5.41, 5.74) is 3.58. The van der Waals surface area contributed by atoms with Crippen molar-refractivity contribution in [3.05, 3.63) is 87.7 Å². The highest BCUT2D eigenvalue weighted by Gasteiger charge is 2.11. The summed E-state index contributed by atoms with van der Waals surface area (Å²) in [5, 5.41) is 0.775. The first-order valence-electron chi connectivity index (χ1n) is 9.91. The Balaban J connectivity index is 1.41. The second kappa shape index (κ2) is 10.1. The Bertz CT molecular complexity index is 1030. The van der Waals surface area contributed by atoms with Crippen molar-refractivity contribution in [1.29, 1.82) is 0 Å². The van der Waals surface area contributed by atoms with Gasteiger partial charge in [0.25, 0.3) is 0 Å². The fraction of sp³-hybridized carbons (Fsp3) is 0.208. The molecule has 31 heavy (non-hydrogen) atoms. The van der Waals surface area contributed by atoms with E-state index in [4.69, 9.17) is 32.7 Å². The van der Waals surface area contributed by atoms with Crippen molar-refractivity contribution in [3.8, 4) is 5.75 Å². The van der Waals surface area contributed by atoms with Gasteiger partial charge in [-0.05, 0) is 59.7 Å². The molecule has 0 amide bonds. The maximum absolute atomic E-state index is 13.0. The molecule has 1 fully saturated rings. The Hall–Kier alpha value is -2.60. The van der Waals surface area contributed by atoms with Crippen LogP contribution in [0.25, 0.3) is 0 Å². The largest absolute Gasteiger partial charge is 0.486 e. The smallest absolute Gasteiger partial charge is 0.157 e. The number of morpholine rings is 1. The Morgan fingerprint density at radius 2 is 1.61 bits per heavy atom. The molecule has 1 aliphatic heterocycles. The number of hydrogen-bond donors (Lipinski definition) is 0. The summed E-state index contributed by atoms with van der Waals surface area (Å²) in [4.78, 5) is 6.81. The molecule has 160 valence electrons. The van der Waals surface area contributed by atoms with Crippen molar-refractivity contribution in [2.75, 3.05) is 31.2 Å². The summed E-state index contributed by atoms with van der Waals surface area (Å²) >= 11 is 12.7. The SMILES string of the molecule is Fc1ccc(COc2c(Cl)cc(C=Nc3ccc(N4CCOCC4)cc3)cc2Cl)cc1. The molecule has 4 rings (SSSR count). The minimum Gasteiger partial charge on any atom is -0.486 e. The molecule has 0 radical (unpaired) electrons. The molecule has 0 unspecified atom stereocenters. The number of halogens is 3. The van der Waals surface area contributed by atoms with E-state index in [-0.39, 0.29) is 12.4 Å². The van der Waals surface area contributed by atoms with E-state index in [1.54, 1.807) is 30.5 Å². The molecule has 3 aromatic rings. The highest BCUT2D eigenvalue weighted by Crippen LogP contribution is 2.34. The van der Waals surface area contributed by atoms with Crippen LogP contribution in [0.5, 0.6) is 5.75 Å². The van der Waals surface area contributed by atoms with Crippen molar-refractivity contribution in [3.63, 3.8) is 0 Å². The molecular formula is C24H21Cl2FN2O2. The van der Waals surface area contributed by atoms with Crippen LogP contribution in [0, 0.1) is 5.82 Å². The van der Waals surface area contributed by atoms with Gasteiger partial charge in [-0.2, -0.15) is 0 Å². The lowest BCUT2D eigenvalue weighted by Crippen LogP contribution is -2.36. The van der Waals surface area contributed by atoms with Gasteiger partial charge < -0.3 is 14.4 Å². The average Bonchev–Trinajstić information content (AvgIpc) is 2.79. The van der Waals surface area contributed by atoms with Crippen LogP contribution in [-0.2, 0) is 11.3 Å². The number of ether oxygens (including phenoxy) is 2. The van der Waals surface area contributed by atoms with Crippen molar-refractivity contribution >= 4 is 40.8 Å². The minimum atomic E-state index is -0.292. The molecule has 7 heteroatoms. The summed E-state index contributed by atoms with van der Waals surface area (Å²) in [6, 6.07) is 17.6. The predicted octanol–water partition coefficient (Wildman–Crippen LogP) is 6.30. The number of benzene rings is 3. The van der Waals surface area contributed by atoms with Gasteiger partial charge in [0.1, 0.15) is 12.4 Å².